The van der Waals surface area contributed by atoms with Gasteiger partial charge in [-0.3, -0.25) is 19.8 Å². The number of benzene rings is 2. The van der Waals surface area contributed by atoms with Crippen molar-refractivity contribution in [1.29, 1.82) is 0 Å². The van der Waals surface area contributed by atoms with Gasteiger partial charge in [0.25, 0.3) is 11.6 Å². The molecule has 0 aliphatic rings. The van der Waals surface area contributed by atoms with E-state index in [1.54, 1.807) is 0 Å². The predicted molar refractivity (Wildman–Crippen MR) is 147 cm³/mol. The van der Waals surface area contributed by atoms with E-state index in [9.17, 15) is 24.5 Å². The highest BCUT2D eigenvalue weighted by atomic mass is 35.5. The molecule has 2 aromatic rings. The first-order valence-corrected chi connectivity index (χ1v) is 11.7. The maximum atomic E-state index is 16.0. The standard InChI is InChI=1S/C26H26ClF2N3O7.CH4/c1-8-13-30(22(33)16-14-15(32(36)37)9-10-17(16)27)19-12-11-18(28)21(20(19)29)31(23(34)38-25(2,3)4)24(35)39-26(5,6)7;/h1,9-12,14H,13H2,2-7H3;1H4. The van der Waals surface area contributed by atoms with Gasteiger partial charge >= 0.3 is 12.2 Å². The predicted octanol–water partition coefficient (Wildman–Crippen LogP) is 7.12. The van der Waals surface area contributed by atoms with Crippen LogP contribution in [0.5, 0.6) is 0 Å². The van der Waals surface area contributed by atoms with Crippen LogP contribution >= 0.6 is 11.6 Å². The molecular weight excluding hydrogens is 552 g/mol. The van der Waals surface area contributed by atoms with Crippen molar-refractivity contribution in [2.45, 2.75) is 60.2 Å². The number of terminal acetylenes is 1. The van der Waals surface area contributed by atoms with Gasteiger partial charge in [0.05, 0.1) is 27.7 Å². The Morgan fingerprint density at radius 3 is 2.00 bits per heavy atom. The number of hydrogen-bond acceptors (Lipinski definition) is 7. The molecule has 0 heterocycles. The molecule has 0 spiro atoms. The Balaban J connectivity index is 0.00000800. The second kappa shape index (κ2) is 12.7. The Hall–Kier alpha value is -4.24. The molecule has 0 radical (unpaired) electrons. The zero-order chi connectivity index (χ0) is 29.9. The number of rotatable bonds is 5. The number of hydrogen-bond donors (Lipinski definition) is 0. The van der Waals surface area contributed by atoms with E-state index in [4.69, 9.17) is 27.5 Å². The van der Waals surface area contributed by atoms with Crippen molar-refractivity contribution in [3.63, 3.8) is 0 Å². The molecule has 0 unspecified atom stereocenters. The average molecular weight is 582 g/mol. The fraction of sp³-hybridized carbons (Fsp3) is 0.370. The Kier molecular flexibility index (Phi) is 10.8. The van der Waals surface area contributed by atoms with Crippen LogP contribution in [0.4, 0.5) is 35.4 Å². The molecule has 2 rings (SSSR count). The van der Waals surface area contributed by atoms with Crippen molar-refractivity contribution in [3.05, 3.63) is 62.7 Å². The third-order valence-corrected chi connectivity index (χ3v) is 4.93. The van der Waals surface area contributed by atoms with Crippen LogP contribution in [0.15, 0.2) is 30.3 Å². The van der Waals surface area contributed by atoms with Gasteiger partial charge in [-0.1, -0.05) is 24.9 Å². The second-order valence-corrected chi connectivity index (χ2v) is 10.4. The lowest BCUT2D eigenvalue weighted by atomic mass is 10.1. The average Bonchev–Trinajstić information content (AvgIpc) is 2.77. The number of carbonyl (C=O) groups is 3. The van der Waals surface area contributed by atoms with Gasteiger partial charge in [-0.15, -0.1) is 6.42 Å². The Morgan fingerprint density at radius 1 is 1.02 bits per heavy atom. The Morgan fingerprint density at radius 2 is 1.55 bits per heavy atom. The number of anilines is 2. The molecule has 216 valence electrons. The van der Waals surface area contributed by atoms with E-state index in [2.05, 4.69) is 5.92 Å². The summed E-state index contributed by atoms with van der Waals surface area (Å²) < 4.78 is 41.5. The number of amides is 3. The maximum absolute atomic E-state index is 16.0. The Labute approximate surface area is 235 Å². The molecule has 13 heteroatoms. The number of nitro benzene ring substituents is 1. The highest BCUT2D eigenvalue weighted by Gasteiger charge is 2.38. The molecule has 0 aromatic heterocycles. The molecular formula is C27H30ClF2N3O7. The molecule has 0 N–H and O–H groups in total. The van der Waals surface area contributed by atoms with Crippen molar-refractivity contribution in [2.24, 2.45) is 0 Å². The summed E-state index contributed by atoms with van der Waals surface area (Å²) in [5.41, 5.74) is -5.09. The molecule has 0 aliphatic carbocycles. The monoisotopic (exact) mass is 581 g/mol. The van der Waals surface area contributed by atoms with Crippen LogP contribution in [-0.4, -0.2) is 40.8 Å². The Bertz CT molecular complexity index is 1330. The SMILES string of the molecule is C.C#CCN(C(=O)c1cc([N+](=O)[O-])ccc1Cl)c1ccc(F)c(N(C(=O)OC(C)(C)C)C(=O)OC(C)(C)C)c1F. The van der Waals surface area contributed by atoms with Crippen molar-refractivity contribution in [3.8, 4) is 12.3 Å². The van der Waals surface area contributed by atoms with E-state index < -0.39 is 75.0 Å². The van der Waals surface area contributed by atoms with Gasteiger partial charge in [-0.25, -0.2) is 18.4 Å². The summed E-state index contributed by atoms with van der Waals surface area (Å²) in [5, 5.41) is 11.0. The largest absolute Gasteiger partial charge is 0.443 e. The molecule has 3 amide bonds. The van der Waals surface area contributed by atoms with Crippen LogP contribution in [0, 0.1) is 34.1 Å². The molecule has 0 aliphatic heterocycles. The number of halogens is 3. The molecule has 0 saturated carbocycles. The van der Waals surface area contributed by atoms with Crippen LogP contribution in [0.3, 0.4) is 0 Å². The van der Waals surface area contributed by atoms with Crippen molar-refractivity contribution in [2.75, 3.05) is 16.3 Å². The van der Waals surface area contributed by atoms with Gasteiger partial charge in [0.1, 0.15) is 16.9 Å². The first-order valence-electron chi connectivity index (χ1n) is 11.3. The number of non-ortho nitro benzene ring substituents is 1. The fourth-order valence-electron chi connectivity index (χ4n) is 3.11. The van der Waals surface area contributed by atoms with Crippen LogP contribution in [0.2, 0.25) is 5.02 Å². The second-order valence-electron chi connectivity index (χ2n) is 10.0. The van der Waals surface area contributed by atoms with E-state index in [1.807, 2.05) is 0 Å². The zero-order valence-corrected chi connectivity index (χ0v) is 22.8. The molecule has 0 saturated heterocycles. The third kappa shape index (κ3) is 8.13. The van der Waals surface area contributed by atoms with Crippen molar-refractivity contribution in [1.82, 2.24) is 0 Å². The van der Waals surface area contributed by atoms with E-state index >= 15 is 8.78 Å². The lowest BCUT2D eigenvalue weighted by molar-refractivity contribution is -0.384. The summed E-state index contributed by atoms with van der Waals surface area (Å²) in [4.78, 5) is 50.4. The van der Waals surface area contributed by atoms with Crippen LogP contribution in [0.25, 0.3) is 0 Å². The smallest absolute Gasteiger partial charge is 0.424 e. The third-order valence-electron chi connectivity index (χ3n) is 4.60. The minimum Gasteiger partial charge on any atom is -0.443 e. The van der Waals surface area contributed by atoms with E-state index in [0.29, 0.717) is 11.0 Å². The van der Waals surface area contributed by atoms with Gasteiger partial charge in [-0.05, 0) is 59.7 Å². The molecule has 0 fully saturated rings. The molecule has 0 atom stereocenters. The summed E-state index contributed by atoms with van der Waals surface area (Å²) >= 11 is 6.07. The quantitative estimate of drug-likeness (QED) is 0.209. The summed E-state index contributed by atoms with van der Waals surface area (Å²) in [5.74, 6) is -1.84. The highest BCUT2D eigenvalue weighted by Crippen LogP contribution is 2.35. The number of nitrogens with zero attached hydrogens (tertiary/aromatic N) is 3. The number of nitro groups is 1. The fourth-order valence-corrected chi connectivity index (χ4v) is 3.31. The van der Waals surface area contributed by atoms with Crippen molar-refractivity contribution < 1.29 is 37.6 Å². The van der Waals surface area contributed by atoms with E-state index in [1.165, 1.54) is 41.5 Å². The number of ether oxygens (including phenoxy) is 2. The van der Waals surface area contributed by atoms with Gasteiger partial charge < -0.3 is 9.47 Å². The summed E-state index contributed by atoms with van der Waals surface area (Å²) in [6, 6.07) is 4.56. The van der Waals surface area contributed by atoms with Crippen LogP contribution < -0.4 is 9.80 Å². The highest BCUT2D eigenvalue weighted by molar-refractivity contribution is 6.34. The van der Waals surface area contributed by atoms with Crippen molar-refractivity contribution >= 4 is 46.8 Å². The first kappa shape index (κ1) is 33.8. The minimum atomic E-state index is -1.54. The van der Waals surface area contributed by atoms with Gasteiger partial charge in [0.15, 0.2) is 11.6 Å². The lowest BCUT2D eigenvalue weighted by Gasteiger charge is -2.30. The van der Waals surface area contributed by atoms with Crippen LogP contribution in [0.1, 0.15) is 59.3 Å². The first-order chi connectivity index (χ1) is 17.9. The van der Waals surface area contributed by atoms with Gasteiger partial charge in [0, 0.05) is 12.1 Å². The summed E-state index contributed by atoms with van der Waals surface area (Å²) in [7, 11) is 0. The summed E-state index contributed by atoms with van der Waals surface area (Å²) in [6.07, 6.45) is 2.46. The molecule has 2 aromatic carbocycles. The topological polar surface area (TPSA) is 119 Å². The molecule has 40 heavy (non-hydrogen) atoms. The van der Waals surface area contributed by atoms with Gasteiger partial charge in [-0.2, -0.15) is 4.90 Å². The molecule has 10 nitrogen and oxygen atoms in total. The number of carbonyl (C=O) groups excluding carboxylic acids is 3. The minimum absolute atomic E-state index is 0. The lowest BCUT2D eigenvalue weighted by Crippen LogP contribution is -2.45. The number of imide groups is 1. The summed E-state index contributed by atoms with van der Waals surface area (Å²) in [6.45, 7) is 8.22. The normalized spacial score (nSPS) is 11.0. The zero-order valence-electron chi connectivity index (χ0n) is 22.0. The van der Waals surface area contributed by atoms with E-state index in [-0.39, 0.29) is 17.3 Å². The van der Waals surface area contributed by atoms with Crippen LogP contribution in [-0.2, 0) is 9.47 Å². The van der Waals surface area contributed by atoms with Gasteiger partial charge in [0.2, 0.25) is 0 Å². The van der Waals surface area contributed by atoms with E-state index in [0.717, 1.165) is 24.3 Å². The maximum Gasteiger partial charge on any atom is 0.424 e. The molecule has 0 bridgehead atoms.